The van der Waals surface area contributed by atoms with Crippen molar-refractivity contribution in [1.29, 1.82) is 0 Å². The second kappa shape index (κ2) is 4.95. The van der Waals surface area contributed by atoms with Gasteiger partial charge >= 0.3 is 0 Å². The quantitative estimate of drug-likeness (QED) is 0.860. The van der Waals surface area contributed by atoms with Crippen molar-refractivity contribution >= 4 is 27.4 Å². The van der Waals surface area contributed by atoms with Crippen molar-refractivity contribution in [2.75, 3.05) is 12.0 Å². The topological polar surface area (TPSA) is 85.9 Å². The van der Waals surface area contributed by atoms with Gasteiger partial charge in [0.2, 0.25) is 0 Å². The highest BCUT2D eigenvalue weighted by Gasteiger charge is 2.07. The lowest BCUT2D eigenvalue weighted by atomic mass is 10.4. The summed E-state index contributed by atoms with van der Waals surface area (Å²) in [5, 5.41) is 0.530. The summed E-state index contributed by atoms with van der Waals surface area (Å²) < 4.78 is 22.6. The summed E-state index contributed by atoms with van der Waals surface area (Å²) in [5.74, 6) is 0.403. The van der Waals surface area contributed by atoms with Crippen LogP contribution >= 0.6 is 11.8 Å². The molecule has 0 amide bonds. The molecule has 5 nitrogen and oxygen atoms in total. The molecule has 0 bridgehead atoms. The van der Waals surface area contributed by atoms with Crippen LogP contribution < -0.4 is 5.73 Å². The lowest BCUT2D eigenvalue weighted by molar-refractivity contribution is 0.602. The molecule has 0 atom stereocenters. The third kappa shape index (κ3) is 3.21. The smallest absolute Gasteiger partial charge is 0.194 e. The van der Waals surface area contributed by atoms with E-state index in [1.165, 1.54) is 18.0 Å². The van der Waals surface area contributed by atoms with Crippen LogP contribution in [0.4, 0.5) is 5.82 Å². The molecule has 0 aliphatic rings. The van der Waals surface area contributed by atoms with E-state index in [1.807, 2.05) is 0 Å². The minimum Gasteiger partial charge on any atom is -0.384 e. The Morgan fingerprint density at radius 3 is 2.39 bits per heavy atom. The van der Waals surface area contributed by atoms with Crippen molar-refractivity contribution in [3.05, 3.63) is 36.5 Å². The molecule has 2 aromatic rings. The largest absolute Gasteiger partial charge is 0.384 e. The fourth-order valence-electron chi connectivity index (χ4n) is 1.26. The first-order chi connectivity index (χ1) is 8.45. The van der Waals surface area contributed by atoms with Crippen LogP contribution in [-0.2, 0) is 9.84 Å². The number of rotatable bonds is 3. The predicted octanol–water partition coefficient (Wildman–Crippen LogP) is 1.61. The highest BCUT2D eigenvalue weighted by atomic mass is 32.2. The van der Waals surface area contributed by atoms with Crippen LogP contribution in [0, 0.1) is 0 Å². The Kier molecular flexibility index (Phi) is 3.53. The lowest BCUT2D eigenvalue weighted by Gasteiger charge is -2.02. The lowest BCUT2D eigenvalue weighted by Crippen LogP contribution is -1.96. The van der Waals surface area contributed by atoms with Crippen LogP contribution in [0.1, 0.15) is 0 Å². The van der Waals surface area contributed by atoms with Crippen LogP contribution in [0.15, 0.2) is 51.5 Å². The van der Waals surface area contributed by atoms with Gasteiger partial charge in [-0.15, -0.1) is 0 Å². The van der Waals surface area contributed by atoms with Crippen molar-refractivity contribution in [3.63, 3.8) is 0 Å². The second-order valence-electron chi connectivity index (χ2n) is 3.61. The van der Waals surface area contributed by atoms with E-state index >= 15 is 0 Å². The molecule has 0 fully saturated rings. The number of nitrogens with two attached hydrogens (primary N) is 1. The minimum absolute atomic E-state index is 0.292. The molecule has 94 valence electrons. The molecule has 0 aliphatic heterocycles. The summed E-state index contributed by atoms with van der Waals surface area (Å²) in [6, 6.07) is 8.16. The molecule has 2 N–H and O–H groups in total. The minimum atomic E-state index is -3.16. The number of hydrogen-bond acceptors (Lipinski definition) is 6. The summed E-state index contributed by atoms with van der Waals surface area (Å²) in [4.78, 5) is 9.26. The molecule has 2 rings (SSSR count). The van der Waals surface area contributed by atoms with E-state index < -0.39 is 9.84 Å². The van der Waals surface area contributed by atoms with Crippen molar-refractivity contribution in [2.24, 2.45) is 0 Å². The summed E-state index contributed by atoms with van der Waals surface area (Å²) in [6.07, 6.45) is 2.76. The molecule has 0 saturated heterocycles. The van der Waals surface area contributed by atoms with Gasteiger partial charge in [-0.05, 0) is 42.1 Å². The van der Waals surface area contributed by atoms with Gasteiger partial charge in [-0.2, -0.15) is 0 Å². The Morgan fingerprint density at radius 1 is 1.17 bits per heavy atom. The Labute approximate surface area is 109 Å². The number of anilines is 1. The standard InChI is InChI=1S/C11H11N3O2S2/c1-18(15,16)9-4-2-8(3-5-9)17-11-13-7-6-10(12)14-11/h2-7H,1H3,(H2,12,13,14). The molecule has 18 heavy (non-hydrogen) atoms. The molecule has 1 aromatic heterocycles. The summed E-state index contributed by atoms with van der Waals surface area (Å²) in [7, 11) is -3.16. The Bertz CT molecular complexity index is 654. The Morgan fingerprint density at radius 2 is 1.83 bits per heavy atom. The van der Waals surface area contributed by atoms with Crippen LogP contribution in [0.25, 0.3) is 0 Å². The van der Waals surface area contributed by atoms with Gasteiger partial charge in [-0.3, -0.25) is 0 Å². The second-order valence-corrected chi connectivity index (χ2v) is 6.67. The number of benzene rings is 1. The van der Waals surface area contributed by atoms with Crippen molar-refractivity contribution in [3.8, 4) is 0 Å². The molecular formula is C11H11N3O2S2. The van der Waals surface area contributed by atoms with Crippen molar-refractivity contribution in [1.82, 2.24) is 9.97 Å². The molecule has 1 aromatic carbocycles. The predicted molar refractivity (Wildman–Crippen MR) is 70.1 cm³/mol. The van der Waals surface area contributed by atoms with Crippen molar-refractivity contribution in [2.45, 2.75) is 14.9 Å². The molecule has 1 heterocycles. The summed E-state index contributed by atoms with van der Waals surface area (Å²) >= 11 is 1.32. The number of nitrogen functional groups attached to an aromatic ring is 1. The van der Waals surface area contributed by atoms with Gasteiger partial charge in [0.25, 0.3) is 0 Å². The first-order valence-electron chi connectivity index (χ1n) is 5.02. The maximum Gasteiger partial charge on any atom is 0.194 e. The number of hydrogen-bond donors (Lipinski definition) is 1. The third-order valence-electron chi connectivity index (χ3n) is 2.12. The summed E-state index contributed by atoms with van der Waals surface area (Å²) in [6.45, 7) is 0. The highest BCUT2D eigenvalue weighted by Crippen LogP contribution is 2.25. The maximum absolute atomic E-state index is 11.3. The molecule has 0 spiro atoms. The van der Waals surface area contributed by atoms with E-state index in [-0.39, 0.29) is 0 Å². The zero-order chi connectivity index (χ0) is 13.2. The van der Waals surface area contributed by atoms with Crippen LogP contribution in [-0.4, -0.2) is 24.6 Å². The number of aromatic nitrogens is 2. The first-order valence-corrected chi connectivity index (χ1v) is 7.72. The van der Waals surface area contributed by atoms with Gasteiger partial charge in [0, 0.05) is 17.3 Å². The van der Waals surface area contributed by atoms with Crippen LogP contribution in [0.5, 0.6) is 0 Å². The van der Waals surface area contributed by atoms with E-state index in [2.05, 4.69) is 9.97 Å². The van der Waals surface area contributed by atoms with Crippen LogP contribution in [0.2, 0.25) is 0 Å². The van der Waals surface area contributed by atoms with Crippen LogP contribution in [0.3, 0.4) is 0 Å². The van der Waals surface area contributed by atoms with E-state index in [0.717, 1.165) is 4.90 Å². The fraction of sp³-hybridized carbons (Fsp3) is 0.0909. The molecule has 7 heteroatoms. The molecule has 0 unspecified atom stereocenters. The molecule has 0 saturated carbocycles. The van der Waals surface area contributed by atoms with Gasteiger partial charge in [0.1, 0.15) is 5.82 Å². The molecule has 0 radical (unpaired) electrons. The van der Waals surface area contributed by atoms with E-state index in [0.29, 0.717) is 15.9 Å². The van der Waals surface area contributed by atoms with E-state index in [4.69, 9.17) is 5.73 Å². The van der Waals surface area contributed by atoms with Gasteiger partial charge in [-0.25, -0.2) is 18.4 Å². The SMILES string of the molecule is CS(=O)(=O)c1ccc(Sc2nccc(N)n2)cc1. The normalized spacial score (nSPS) is 11.4. The van der Waals surface area contributed by atoms with E-state index in [1.54, 1.807) is 36.5 Å². The average molecular weight is 281 g/mol. The monoisotopic (exact) mass is 281 g/mol. The maximum atomic E-state index is 11.3. The van der Waals surface area contributed by atoms with Gasteiger partial charge in [0.05, 0.1) is 4.90 Å². The zero-order valence-corrected chi connectivity index (χ0v) is 11.2. The van der Waals surface area contributed by atoms with Gasteiger partial charge in [0.15, 0.2) is 15.0 Å². The third-order valence-corrected chi connectivity index (χ3v) is 4.13. The van der Waals surface area contributed by atoms with Crippen molar-refractivity contribution < 1.29 is 8.42 Å². The zero-order valence-electron chi connectivity index (χ0n) is 9.57. The van der Waals surface area contributed by atoms with Gasteiger partial charge < -0.3 is 5.73 Å². The number of sulfone groups is 1. The molecular weight excluding hydrogens is 270 g/mol. The van der Waals surface area contributed by atoms with E-state index in [9.17, 15) is 8.42 Å². The fourth-order valence-corrected chi connectivity index (χ4v) is 2.64. The average Bonchev–Trinajstić information content (AvgIpc) is 2.28. The summed E-state index contributed by atoms with van der Waals surface area (Å²) in [5.41, 5.74) is 5.55. The first kappa shape index (κ1) is 12.8. The Hall–Kier alpha value is -1.60. The molecule has 0 aliphatic carbocycles. The number of nitrogens with zero attached hydrogens (tertiary/aromatic N) is 2. The van der Waals surface area contributed by atoms with Gasteiger partial charge in [-0.1, -0.05) is 0 Å². The highest BCUT2D eigenvalue weighted by molar-refractivity contribution is 7.99. The Balaban J connectivity index is 2.21.